The number of nitrogens with two attached hydrogens (primary N) is 1. The van der Waals surface area contributed by atoms with Crippen LogP contribution in [-0.2, 0) is 6.61 Å². The lowest BCUT2D eigenvalue weighted by Crippen LogP contribution is -2.03. The van der Waals surface area contributed by atoms with Crippen LogP contribution in [-0.4, -0.2) is 29.8 Å². The molecular weight excluding hydrogens is 268 g/mol. The van der Waals surface area contributed by atoms with Crippen molar-refractivity contribution in [2.24, 2.45) is 0 Å². The van der Waals surface area contributed by atoms with E-state index < -0.39 is 0 Å². The van der Waals surface area contributed by atoms with Crippen molar-refractivity contribution in [2.45, 2.75) is 13.5 Å². The zero-order valence-electron chi connectivity index (χ0n) is 11.4. The van der Waals surface area contributed by atoms with E-state index in [0.29, 0.717) is 22.9 Å². The third-order valence-electron chi connectivity index (χ3n) is 3.04. The smallest absolute Gasteiger partial charge is 0.146 e. The van der Waals surface area contributed by atoms with E-state index >= 15 is 0 Å². The second-order valence-electron chi connectivity index (χ2n) is 4.59. The molecule has 7 nitrogen and oxygen atoms in total. The quantitative estimate of drug-likeness (QED) is 0.746. The predicted molar refractivity (Wildman–Crippen MR) is 77.5 cm³/mol. The molecule has 0 aromatic carbocycles. The molecule has 0 bridgehead atoms. The van der Waals surface area contributed by atoms with Gasteiger partial charge < -0.3 is 15.4 Å². The van der Waals surface area contributed by atoms with Gasteiger partial charge in [-0.2, -0.15) is 0 Å². The number of imidazole rings is 1. The van der Waals surface area contributed by atoms with Crippen molar-refractivity contribution in [2.75, 3.05) is 5.73 Å². The van der Waals surface area contributed by atoms with Crippen LogP contribution in [0.4, 0.5) is 5.82 Å². The Morgan fingerprint density at radius 1 is 1.14 bits per heavy atom. The van der Waals surface area contributed by atoms with Crippen LogP contribution >= 0.6 is 0 Å². The number of aliphatic hydroxyl groups is 1. The average molecular weight is 282 g/mol. The molecule has 0 fully saturated rings. The zero-order valence-corrected chi connectivity index (χ0v) is 11.4. The molecule has 0 saturated carbocycles. The van der Waals surface area contributed by atoms with Crippen molar-refractivity contribution < 1.29 is 5.11 Å². The standard InChI is InChI=1S/C14H14N6O/c1-9-6-20(8-16-9)13-4-2-10(17-12(13)7-21)11-3-5-14(15)19-18-11/h2-6,8,21H,7H2,1H3,(H2,15,19). The molecule has 0 aliphatic rings. The molecule has 0 unspecified atom stereocenters. The summed E-state index contributed by atoms with van der Waals surface area (Å²) in [6, 6.07) is 7.10. The summed E-state index contributed by atoms with van der Waals surface area (Å²) in [6.07, 6.45) is 3.56. The first-order chi connectivity index (χ1) is 10.2. The maximum absolute atomic E-state index is 9.55. The summed E-state index contributed by atoms with van der Waals surface area (Å²) in [5.74, 6) is 0.353. The van der Waals surface area contributed by atoms with Gasteiger partial charge in [-0.15, -0.1) is 10.2 Å². The second kappa shape index (κ2) is 5.29. The third kappa shape index (κ3) is 2.59. The summed E-state index contributed by atoms with van der Waals surface area (Å²) in [4.78, 5) is 8.61. The molecule has 0 spiro atoms. The fraction of sp³-hybridized carbons (Fsp3) is 0.143. The van der Waals surface area contributed by atoms with Gasteiger partial charge in [0.15, 0.2) is 0 Å². The van der Waals surface area contributed by atoms with Gasteiger partial charge in [-0.1, -0.05) is 0 Å². The first kappa shape index (κ1) is 13.2. The highest BCUT2D eigenvalue weighted by molar-refractivity contribution is 5.57. The summed E-state index contributed by atoms with van der Waals surface area (Å²) in [6.45, 7) is 1.73. The number of aromatic nitrogens is 5. The molecule has 3 rings (SSSR count). The van der Waals surface area contributed by atoms with Crippen LogP contribution in [0.25, 0.3) is 17.1 Å². The van der Waals surface area contributed by atoms with Crippen LogP contribution in [0.15, 0.2) is 36.8 Å². The Bertz CT molecular complexity index is 765. The van der Waals surface area contributed by atoms with Gasteiger partial charge in [-0.3, -0.25) is 0 Å². The highest BCUT2D eigenvalue weighted by Gasteiger charge is 2.10. The van der Waals surface area contributed by atoms with Gasteiger partial charge in [0.2, 0.25) is 0 Å². The van der Waals surface area contributed by atoms with Crippen molar-refractivity contribution in [3.8, 4) is 17.1 Å². The Labute approximate surface area is 121 Å². The van der Waals surface area contributed by atoms with E-state index in [9.17, 15) is 5.11 Å². The number of rotatable bonds is 3. The van der Waals surface area contributed by atoms with E-state index in [0.717, 1.165) is 11.4 Å². The molecule has 3 heterocycles. The number of aryl methyl sites for hydroxylation is 1. The molecule has 0 atom stereocenters. The highest BCUT2D eigenvalue weighted by Crippen LogP contribution is 2.20. The number of anilines is 1. The number of nitrogens with zero attached hydrogens (tertiary/aromatic N) is 5. The predicted octanol–water partition coefficient (Wildman–Crippen LogP) is 1.11. The maximum atomic E-state index is 9.55. The van der Waals surface area contributed by atoms with E-state index in [1.54, 1.807) is 18.5 Å². The number of aliphatic hydroxyl groups excluding tert-OH is 1. The van der Waals surface area contributed by atoms with E-state index in [1.165, 1.54) is 0 Å². The van der Waals surface area contributed by atoms with Gasteiger partial charge in [-0.25, -0.2) is 9.97 Å². The average Bonchev–Trinajstić information content (AvgIpc) is 2.94. The first-order valence-corrected chi connectivity index (χ1v) is 6.38. The molecule has 0 saturated heterocycles. The van der Waals surface area contributed by atoms with Crippen LogP contribution in [0.2, 0.25) is 0 Å². The van der Waals surface area contributed by atoms with E-state index in [4.69, 9.17) is 5.73 Å². The number of pyridine rings is 1. The summed E-state index contributed by atoms with van der Waals surface area (Å²) in [5, 5.41) is 17.3. The molecule has 0 aliphatic heterocycles. The topological polar surface area (TPSA) is 103 Å². The minimum Gasteiger partial charge on any atom is -0.390 e. The molecule has 0 aliphatic carbocycles. The SMILES string of the molecule is Cc1cn(-c2ccc(-c3ccc(N)nn3)nc2CO)cn1. The van der Waals surface area contributed by atoms with Crippen molar-refractivity contribution in [1.82, 2.24) is 24.7 Å². The molecule has 21 heavy (non-hydrogen) atoms. The minimum absolute atomic E-state index is 0.178. The Balaban J connectivity index is 2.04. The molecule has 3 aromatic rings. The lowest BCUT2D eigenvalue weighted by molar-refractivity contribution is 0.276. The number of nitrogen functional groups attached to an aromatic ring is 1. The van der Waals surface area contributed by atoms with Gasteiger partial charge in [0.25, 0.3) is 0 Å². The Morgan fingerprint density at radius 3 is 2.57 bits per heavy atom. The maximum Gasteiger partial charge on any atom is 0.146 e. The van der Waals surface area contributed by atoms with Gasteiger partial charge in [-0.05, 0) is 31.2 Å². The normalized spacial score (nSPS) is 10.8. The van der Waals surface area contributed by atoms with E-state index in [-0.39, 0.29) is 6.61 Å². The molecular formula is C14H14N6O. The Kier molecular flexibility index (Phi) is 3.33. The summed E-state index contributed by atoms with van der Waals surface area (Å²) in [5.41, 5.74) is 8.98. The van der Waals surface area contributed by atoms with E-state index in [2.05, 4.69) is 20.2 Å². The monoisotopic (exact) mass is 282 g/mol. The van der Waals surface area contributed by atoms with E-state index in [1.807, 2.05) is 29.8 Å². The van der Waals surface area contributed by atoms with Crippen molar-refractivity contribution >= 4 is 5.82 Å². The highest BCUT2D eigenvalue weighted by atomic mass is 16.3. The summed E-state index contributed by atoms with van der Waals surface area (Å²) < 4.78 is 1.83. The molecule has 106 valence electrons. The molecule has 0 radical (unpaired) electrons. The van der Waals surface area contributed by atoms with Crippen LogP contribution < -0.4 is 5.73 Å². The van der Waals surface area contributed by atoms with Gasteiger partial charge in [0.05, 0.1) is 35.7 Å². The summed E-state index contributed by atoms with van der Waals surface area (Å²) in [7, 11) is 0. The number of hydrogen-bond donors (Lipinski definition) is 2. The first-order valence-electron chi connectivity index (χ1n) is 6.38. The lowest BCUT2D eigenvalue weighted by atomic mass is 10.2. The molecule has 0 amide bonds. The van der Waals surface area contributed by atoms with Crippen molar-refractivity contribution in [3.63, 3.8) is 0 Å². The van der Waals surface area contributed by atoms with Gasteiger partial charge >= 0.3 is 0 Å². The fourth-order valence-corrected chi connectivity index (χ4v) is 2.02. The largest absolute Gasteiger partial charge is 0.390 e. The van der Waals surface area contributed by atoms with Crippen LogP contribution in [0.5, 0.6) is 0 Å². The molecule has 7 heteroatoms. The molecule has 3 N–H and O–H groups in total. The van der Waals surface area contributed by atoms with Gasteiger partial charge in [0.1, 0.15) is 11.5 Å². The second-order valence-corrected chi connectivity index (χ2v) is 4.59. The fourth-order valence-electron chi connectivity index (χ4n) is 2.02. The lowest BCUT2D eigenvalue weighted by Gasteiger charge is -2.09. The van der Waals surface area contributed by atoms with Crippen LogP contribution in [0.1, 0.15) is 11.4 Å². The zero-order chi connectivity index (χ0) is 14.8. The molecule has 3 aromatic heterocycles. The number of hydrogen-bond acceptors (Lipinski definition) is 6. The Hall–Kier alpha value is -2.80. The van der Waals surface area contributed by atoms with Crippen molar-refractivity contribution in [3.05, 3.63) is 48.2 Å². The Morgan fingerprint density at radius 2 is 1.95 bits per heavy atom. The van der Waals surface area contributed by atoms with Gasteiger partial charge in [0, 0.05) is 6.20 Å². The summed E-state index contributed by atoms with van der Waals surface area (Å²) >= 11 is 0. The third-order valence-corrected chi connectivity index (χ3v) is 3.04. The minimum atomic E-state index is -0.178. The van der Waals surface area contributed by atoms with Crippen LogP contribution in [0.3, 0.4) is 0 Å². The van der Waals surface area contributed by atoms with Crippen LogP contribution in [0, 0.1) is 6.92 Å². The van der Waals surface area contributed by atoms with Crippen molar-refractivity contribution in [1.29, 1.82) is 0 Å².